The van der Waals surface area contributed by atoms with Crippen LogP contribution in [0.5, 0.6) is 0 Å². The molecule has 1 saturated carbocycles. The van der Waals surface area contributed by atoms with Crippen LogP contribution in [0, 0.1) is 11.8 Å². The van der Waals surface area contributed by atoms with Crippen molar-refractivity contribution < 1.29 is 0 Å². The zero-order chi connectivity index (χ0) is 11.4. The van der Waals surface area contributed by atoms with Crippen LogP contribution in [0.2, 0.25) is 0 Å². The minimum atomic E-state index is 0.797. The molecule has 0 bridgehead atoms. The predicted octanol–water partition coefficient (Wildman–Crippen LogP) is 2.50. The highest BCUT2D eigenvalue weighted by Crippen LogP contribution is 2.35. The van der Waals surface area contributed by atoms with Crippen molar-refractivity contribution in [2.45, 2.75) is 51.5 Å². The van der Waals surface area contributed by atoms with Gasteiger partial charge in [-0.25, -0.2) is 0 Å². The molecule has 0 spiro atoms. The Morgan fingerprint density at radius 1 is 1.19 bits per heavy atom. The Bertz CT molecular complexity index is 203. The maximum atomic E-state index is 3.30. The van der Waals surface area contributed by atoms with Gasteiger partial charge in [0.1, 0.15) is 0 Å². The van der Waals surface area contributed by atoms with E-state index in [1.807, 2.05) is 0 Å². The lowest BCUT2D eigenvalue weighted by Crippen LogP contribution is -2.48. The van der Waals surface area contributed by atoms with Crippen molar-refractivity contribution in [2.24, 2.45) is 11.8 Å². The maximum Gasteiger partial charge on any atom is 0.0124 e. The molecule has 0 aromatic rings. The first kappa shape index (κ1) is 12.4. The molecule has 2 nitrogen and oxygen atoms in total. The van der Waals surface area contributed by atoms with Crippen molar-refractivity contribution in [3.63, 3.8) is 0 Å². The SMILES string of the molecule is CNCC(C)CN1CCCC2CCCCC21. The van der Waals surface area contributed by atoms with E-state index in [1.54, 1.807) is 0 Å². The fourth-order valence-corrected chi connectivity index (χ4v) is 3.77. The summed E-state index contributed by atoms with van der Waals surface area (Å²) in [5, 5.41) is 3.30. The van der Waals surface area contributed by atoms with Crippen LogP contribution in [0.3, 0.4) is 0 Å². The smallest absolute Gasteiger partial charge is 0.0124 e. The molecule has 1 heterocycles. The van der Waals surface area contributed by atoms with E-state index in [1.165, 1.54) is 51.6 Å². The Kier molecular flexibility index (Phi) is 4.66. The molecule has 2 fully saturated rings. The number of piperidine rings is 1. The van der Waals surface area contributed by atoms with Gasteiger partial charge in [0.2, 0.25) is 0 Å². The second kappa shape index (κ2) is 6.02. The largest absolute Gasteiger partial charge is 0.319 e. The van der Waals surface area contributed by atoms with Crippen LogP contribution in [0.1, 0.15) is 45.4 Å². The first-order chi connectivity index (χ1) is 7.81. The lowest BCUT2D eigenvalue weighted by molar-refractivity contribution is 0.0502. The Hall–Kier alpha value is -0.0800. The second-order valence-corrected chi connectivity index (χ2v) is 5.91. The Labute approximate surface area is 101 Å². The molecule has 1 aliphatic heterocycles. The lowest BCUT2D eigenvalue weighted by Gasteiger charge is -2.45. The molecule has 0 radical (unpaired) electrons. The predicted molar refractivity (Wildman–Crippen MR) is 69.6 cm³/mol. The van der Waals surface area contributed by atoms with Crippen LogP contribution in [0.25, 0.3) is 0 Å². The zero-order valence-electron chi connectivity index (χ0n) is 11.0. The molecule has 3 atom stereocenters. The monoisotopic (exact) mass is 224 g/mol. The normalized spacial score (nSPS) is 33.4. The van der Waals surface area contributed by atoms with Gasteiger partial charge in [0, 0.05) is 12.6 Å². The number of likely N-dealkylation sites (tertiary alicyclic amines) is 1. The molecule has 3 unspecified atom stereocenters. The molecule has 2 aliphatic rings. The van der Waals surface area contributed by atoms with Crippen molar-refractivity contribution in [3.05, 3.63) is 0 Å². The van der Waals surface area contributed by atoms with E-state index < -0.39 is 0 Å². The van der Waals surface area contributed by atoms with Crippen LogP contribution in [0.15, 0.2) is 0 Å². The van der Waals surface area contributed by atoms with Gasteiger partial charge < -0.3 is 5.32 Å². The highest BCUT2D eigenvalue weighted by molar-refractivity contribution is 4.87. The van der Waals surface area contributed by atoms with Gasteiger partial charge in [-0.1, -0.05) is 19.8 Å². The fraction of sp³-hybridized carbons (Fsp3) is 1.00. The number of fused-ring (bicyclic) bond motifs is 1. The molecule has 2 rings (SSSR count). The number of nitrogens with one attached hydrogen (secondary N) is 1. The molecule has 1 aliphatic carbocycles. The third-order valence-electron chi connectivity index (χ3n) is 4.46. The topological polar surface area (TPSA) is 15.3 Å². The minimum Gasteiger partial charge on any atom is -0.319 e. The molecule has 0 amide bonds. The lowest BCUT2D eigenvalue weighted by atomic mass is 9.78. The standard InChI is InChI=1S/C14H28N2/c1-12(10-15-2)11-16-9-5-7-13-6-3-4-8-14(13)16/h12-15H,3-11H2,1-2H3. The molecular formula is C14H28N2. The summed E-state index contributed by atoms with van der Waals surface area (Å²) in [6, 6.07) is 0.932. The van der Waals surface area contributed by atoms with Gasteiger partial charge in [0.25, 0.3) is 0 Å². The third kappa shape index (κ3) is 2.98. The van der Waals surface area contributed by atoms with E-state index in [0.29, 0.717) is 0 Å². The maximum absolute atomic E-state index is 3.30. The average molecular weight is 224 g/mol. The van der Waals surface area contributed by atoms with Gasteiger partial charge in [-0.05, 0) is 57.7 Å². The van der Waals surface area contributed by atoms with E-state index in [4.69, 9.17) is 0 Å². The first-order valence-corrected chi connectivity index (χ1v) is 7.20. The molecule has 2 heteroatoms. The van der Waals surface area contributed by atoms with E-state index in [0.717, 1.165) is 24.4 Å². The van der Waals surface area contributed by atoms with Gasteiger partial charge in [-0.15, -0.1) is 0 Å². The van der Waals surface area contributed by atoms with Crippen molar-refractivity contribution >= 4 is 0 Å². The summed E-state index contributed by atoms with van der Waals surface area (Å²) in [5.41, 5.74) is 0. The zero-order valence-corrected chi connectivity index (χ0v) is 11.0. The third-order valence-corrected chi connectivity index (χ3v) is 4.46. The molecule has 0 aromatic heterocycles. The first-order valence-electron chi connectivity index (χ1n) is 7.20. The summed E-state index contributed by atoms with van der Waals surface area (Å²) < 4.78 is 0. The van der Waals surface area contributed by atoms with E-state index in [2.05, 4.69) is 24.2 Å². The number of hydrogen-bond acceptors (Lipinski definition) is 2. The highest BCUT2D eigenvalue weighted by Gasteiger charge is 2.33. The van der Waals surface area contributed by atoms with Crippen LogP contribution in [-0.4, -0.2) is 37.6 Å². The van der Waals surface area contributed by atoms with Crippen LogP contribution in [0.4, 0.5) is 0 Å². The van der Waals surface area contributed by atoms with Gasteiger partial charge >= 0.3 is 0 Å². The highest BCUT2D eigenvalue weighted by atomic mass is 15.2. The Morgan fingerprint density at radius 3 is 2.75 bits per heavy atom. The quantitative estimate of drug-likeness (QED) is 0.789. The molecule has 1 saturated heterocycles. The summed E-state index contributed by atoms with van der Waals surface area (Å²) in [5.74, 6) is 1.83. The summed E-state index contributed by atoms with van der Waals surface area (Å²) in [6.07, 6.45) is 8.87. The van der Waals surface area contributed by atoms with Crippen molar-refractivity contribution in [2.75, 3.05) is 26.7 Å². The Morgan fingerprint density at radius 2 is 1.94 bits per heavy atom. The van der Waals surface area contributed by atoms with Gasteiger partial charge in [0.05, 0.1) is 0 Å². The van der Waals surface area contributed by atoms with Crippen LogP contribution < -0.4 is 5.32 Å². The van der Waals surface area contributed by atoms with Crippen molar-refractivity contribution in [1.82, 2.24) is 10.2 Å². The van der Waals surface area contributed by atoms with Gasteiger partial charge in [0.15, 0.2) is 0 Å². The minimum absolute atomic E-state index is 0.797. The second-order valence-electron chi connectivity index (χ2n) is 5.91. The number of hydrogen-bond donors (Lipinski definition) is 1. The average Bonchev–Trinajstić information content (AvgIpc) is 2.30. The van der Waals surface area contributed by atoms with Gasteiger partial charge in [-0.3, -0.25) is 4.90 Å². The van der Waals surface area contributed by atoms with Crippen LogP contribution >= 0.6 is 0 Å². The molecule has 0 aromatic carbocycles. The Balaban J connectivity index is 1.87. The van der Waals surface area contributed by atoms with Gasteiger partial charge in [-0.2, -0.15) is 0 Å². The summed E-state index contributed by atoms with van der Waals surface area (Å²) in [7, 11) is 2.07. The fourth-order valence-electron chi connectivity index (χ4n) is 3.77. The van der Waals surface area contributed by atoms with E-state index >= 15 is 0 Å². The number of rotatable bonds is 4. The summed E-state index contributed by atoms with van der Waals surface area (Å²) >= 11 is 0. The van der Waals surface area contributed by atoms with Crippen molar-refractivity contribution in [1.29, 1.82) is 0 Å². The molecule has 1 N–H and O–H groups in total. The number of nitrogens with zero attached hydrogens (tertiary/aromatic N) is 1. The molecule has 94 valence electrons. The van der Waals surface area contributed by atoms with Crippen molar-refractivity contribution in [3.8, 4) is 0 Å². The van der Waals surface area contributed by atoms with Crippen LogP contribution in [-0.2, 0) is 0 Å². The van der Waals surface area contributed by atoms with E-state index in [-0.39, 0.29) is 0 Å². The summed E-state index contributed by atoms with van der Waals surface area (Å²) in [6.45, 7) is 6.20. The summed E-state index contributed by atoms with van der Waals surface area (Å²) in [4.78, 5) is 2.80. The van der Waals surface area contributed by atoms with E-state index in [9.17, 15) is 0 Å². The molecular weight excluding hydrogens is 196 g/mol. The molecule has 16 heavy (non-hydrogen) atoms.